The van der Waals surface area contributed by atoms with Gasteiger partial charge in [0.05, 0.1) is 29.4 Å². The molecule has 3 aliphatic rings. The van der Waals surface area contributed by atoms with E-state index in [1.54, 1.807) is 6.92 Å². The van der Waals surface area contributed by atoms with Crippen LogP contribution >= 0.6 is 0 Å². The third kappa shape index (κ3) is 6.04. The number of carbonyl (C=O) groups excluding carboxylic acids is 3. The van der Waals surface area contributed by atoms with Crippen LogP contribution < -0.4 is 11.1 Å². The summed E-state index contributed by atoms with van der Waals surface area (Å²) in [6.45, 7) is 15.0. The predicted molar refractivity (Wildman–Crippen MR) is 180 cm³/mol. The monoisotopic (exact) mass is 656 g/mol. The van der Waals surface area contributed by atoms with E-state index in [2.05, 4.69) is 11.9 Å². The molecule has 1 aromatic rings. The van der Waals surface area contributed by atoms with Gasteiger partial charge < -0.3 is 36.6 Å². The number of aliphatic hydroxyl groups excluding tert-OH is 3. The summed E-state index contributed by atoms with van der Waals surface area (Å²) in [5.41, 5.74) is 2.43. The molecule has 8 N–H and O–H groups in total. The minimum Gasteiger partial charge on any atom is -0.505 e. The second-order valence-electron chi connectivity index (χ2n) is 15.7. The number of aliphatic hydroxyl groups is 4. The van der Waals surface area contributed by atoms with Gasteiger partial charge in [0.2, 0.25) is 5.91 Å². The number of hydrogen-bond donors (Lipinski definition) is 7. The first-order valence-electron chi connectivity index (χ1n) is 17.3. The van der Waals surface area contributed by atoms with E-state index in [1.807, 2.05) is 46.8 Å². The Hall–Kier alpha value is -2.79. The summed E-state index contributed by atoms with van der Waals surface area (Å²) in [7, 11) is 0. The number of phenols is 1. The van der Waals surface area contributed by atoms with Gasteiger partial charge in [-0.3, -0.25) is 14.4 Å². The van der Waals surface area contributed by atoms with E-state index in [1.165, 1.54) is 0 Å². The second kappa shape index (κ2) is 13.6. The van der Waals surface area contributed by atoms with Crippen LogP contribution in [0.3, 0.4) is 0 Å². The Kier molecular flexibility index (Phi) is 10.7. The van der Waals surface area contributed by atoms with Gasteiger partial charge in [0.15, 0.2) is 17.2 Å². The highest BCUT2D eigenvalue weighted by Crippen LogP contribution is 2.66. The molecule has 0 bridgehead atoms. The standard InChI is InChI=1S/C37H56N2O8/c1-8-9-10-11-12-13-14-21(40)17-39-24-15-22(19(2)3)23-16-35(6)18-36(7)27(20(4)5)31(43)26(34(38)46)32(44)37(36,47)33(45)28(35)30(42)25(23)29(24)41/h8,15,19-21,26-28,31,33,39-41,43,45,47H,1,9-14,16-18H2,2-7H3,(H2,38,46)/t21?,26-,27+,28-,31?,33?,35-,36-,37+/m1/s1. The molecule has 47 heavy (non-hydrogen) atoms. The zero-order valence-corrected chi connectivity index (χ0v) is 28.9. The number of nitrogens with one attached hydrogen (secondary N) is 1. The molecule has 10 nitrogen and oxygen atoms in total. The maximum absolute atomic E-state index is 14.6. The van der Waals surface area contributed by atoms with Crippen LogP contribution in [-0.4, -0.2) is 73.5 Å². The van der Waals surface area contributed by atoms with E-state index in [-0.39, 0.29) is 48.2 Å². The van der Waals surface area contributed by atoms with Crippen molar-refractivity contribution in [2.75, 3.05) is 11.9 Å². The molecule has 0 aromatic heterocycles. The number of hydrogen-bond acceptors (Lipinski definition) is 9. The lowest BCUT2D eigenvalue weighted by Crippen LogP contribution is -2.79. The molecule has 0 saturated heterocycles. The lowest BCUT2D eigenvalue weighted by atomic mass is 9.39. The van der Waals surface area contributed by atoms with Crippen molar-refractivity contribution in [2.45, 2.75) is 123 Å². The zero-order chi connectivity index (χ0) is 35.2. The maximum atomic E-state index is 14.6. The van der Waals surface area contributed by atoms with Crippen molar-refractivity contribution >= 4 is 23.2 Å². The predicted octanol–water partition coefficient (Wildman–Crippen LogP) is 4.00. The summed E-state index contributed by atoms with van der Waals surface area (Å²) < 4.78 is 0. The first-order valence-corrected chi connectivity index (χ1v) is 17.3. The Balaban J connectivity index is 1.73. The summed E-state index contributed by atoms with van der Waals surface area (Å²) in [5, 5.41) is 61.1. The average molecular weight is 657 g/mol. The third-order valence-electron chi connectivity index (χ3n) is 11.7. The summed E-state index contributed by atoms with van der Waals surface area (Å²) >= 11 is 0. The smallest absolute Gasteiger partial charge is 0.230 e. The van der Waals surface area contributed by atoms with Crippen molar-refractivity contribution in [1.82, 2.24) is 0 Å². The van der Waals surface area contributed by atoms with Crippen LogP contribution in [0.4, 0.5) is 5.69 Å². The molecular formula is C37H56N2O8. The van der Waals surface area contributed by atoms with E-state index in [0.717, 1.165) is 37.7 Å². The van der Waals surface area contributed by atoms with E-state index in [9.17, 15) is 39.9 Å². The number of aromatic hydroxyl groups is 1. The molecule has 9 atom stereocenters. The normalized spacial score (nSPS) is 34.1. The number of benzene rings is 1. The number of allylic oxidation sites excluding steroid dienone is 1. The van der Waals surface area contributed by atoms with E-state index in [0.29, 0.717) is 12.0 Å². The SMILES string of the molecule is C=CCCCCCCC(O)CNc1cc(C(C)C)c2c(c1O)C(=O)[C@@H]1C(O)[C@@]3(O)C(=O)[C@H](C(N)=O)C(O)[C@H](C(C)C)[C@@]3(C)C[C@@]1(C)C2. The number of ketones is 2. The molecule has 1 amide bonds. The van der Waals surface area contributed by atoms with Crippen LogP contribution in [0.1, 0.15) is 114 Å². The first-order chi connectivity index (χ1) is 21.9. The van der Waals surface area contributed by atoms with Gasteiger partial charge in [-0.15, -0.1) is 6.58 Å². The van der Waals surface area contributed by atoms with Gasteiger partial charge >= 0.3 is 0 Å². The molecule has 2 fully saturated rings. The number of Topliss-reactive ketones (excluding diaryl/α,β-unsaturated/α-hetero) is 2. The Morgan fingerprint density at radius 3 is 2.34 bits per heavy atom. The molecule has 0 aliphatic heterocycles. The van der Waals surface area contributed by atoms with Crippen molar-refractivity contribution in [2.24, 2.45) is 40.2 Å². The van der Waals surface area contributed by atoms with Crippen LogP contribution in [-0.2, 0) is 16.0 Å². The van der Waals surface area contributed by atoms with Crippen LogP contribution in [0.2, 0.25) is 0 Å². The minimum atomic E-state index is -2.56. The molecule has 0 radical (unpaired) electrons. The van der Waals surface area contributed by atoms with Crippen molar-refractivity contribution in [3.05, 3.63) is 35.4 Å². The topological polar surface area (TPSA) is 190 Å². The van der Waals surface area contributed by atoms with Crippen LogP contribution in [0, 0.1) is 34.5 Å². The summed E-state index contributed by atoms with van der Waals surface area (Å²) in [4.78, 5) is 41.0. The van der Waals surface area contributed by atoms with Gasteiger partial charge in [-0.2, -0.15) is 0 Å². The minimum absolute atomic E-state index is 0.0271. The van der Waals surface area contributed by atoms with Crippen LogP contribution in [0.15, 0.2) is 18.7 Å². The molecule has 0 heterocycles. The molecule has 4 rings (SSSR count). The number of primary amides is 1. The fraction of sp³-hybridized carbons (Fsp3) is 0.703. The lowest BCUT2D eigenvalue weighted by molar-refractivity contribution is -0.265. The fourth-order valence-corrected chi connectivity index (χ4v) is 9.63. The highest BCUT2D eigenvalue weighted by atomic mass is 16.4. The van der Waals surface area contributed by atoms with Gasteiger partial charge in [0.1, 0.15) is 17.8 Å². The number of nitrogens with two attached hydrogens (primary N) is 1. The van der Waals surface area contributed by atoms with E-state index in [4.69, 9.17) is 5.73 Å². The van der Waals surface area contributed by atoms with Crippen LogP contribution in [0.5, 0.6) is 5.75 Å². The number of carbonyl (C=O) groups is 3. The number of amides is 1. The Bertz CT molecular complexity index is 1390. The lowest BCUT2D eigenvalue weighted by Gasteiger charge is -2.66. The molecule has 10 heteroatoms. The number of phenolic OH excluding ortho intramolecular Hbond substituents is 1. The van der Waals surface area contributed by atoms with Gasteiger partial charge in [-0.05, 0) is 72.5 Å². The van der Waals surface area contributed by atoms with Gasteiger partial charge in [-0.25, -0.2) is 0 Å². The maximum Gasteiger partial charge on any atom is 0.230 e. The molecule has 1 aromatic carbocycles. The van der Waals surface area contributed by atoms with E-state index < -0.39 is 70.0 Å². The van der Waals surface area contributed by atoms with Crippen molar-refractivity contribution in [3.63, 3.8) is 0 Å². The van der Waals surface area contributed by atoms with E-state index >= 15 is 0 Å². The molecule has 3 aliphatic carbocycles. The van der Waals surface area contributed by atoms with Crippen molar-refractivity contribution in [1.29, 1.82) is 0 Å². The Morgan fingerprint density at radius 1 is 1.13 bits per heavy atom. The number of anilines is 1. The molecule has 262 valence electrons. The molecule has 3 unspecified atom stereocenters. The van der Waals surface area contributed by atoms with Crippen molar-refractivity contribution < 1.29 is 39.9 Å². The zero-order valence-electron chi connectivity index (χ0n) is 28.9. The Labute approximate surface area is 278 Å². The average Bonchev–Trinajstić information content (AvgIpc) is 2.95. The highest BCUT2D eigenvalue weighted by molar-refractivity contribution is 6.09. The number of unbranched alkanes of at least 4 members (excludes halogenated alkanes) is 4. The summed E-state index contributed by atoms with van der Waals surface area (Å²) in [5.74, 6) is -7.28. The highest BCUT2D eigenvalue weighted by Gasteiger charge is 2.76. The number of fused-ring (bicyclic) bond motifs is 3. The Morgan fingerprint density at radius 2 is 1.77 bits per heavy atom. The summed E-state index contributed by atoms with van der Waals surface area (Å²) in [6, 6.07) is 1.82. The fourth-order valence-electron chi connectivity index (χ4n) is 9.63. The quantitative estimate of drug-likeness (QED) is 0.0712. The van der Waals surface area contributed by atoms with Crippen molar-refractivity contribution in [3.8, 4) is 5.75 Å². The summed E-state index contributed by atoms with van der Waals surface area (Å²) in [6.07, 6.45) is 3.73. The molecular weight excluding hydrogens is 600 g/mol. The van der Waals surface area contributed by atoms with Crippen LogP contribution in [0.25, 0.3) is 0 Å². The van der Waals surface area contributed by atoms with Gasteiger partial charge in [0.25, 0.3) is 0 Å². The molecule has 0 spiro atoms. The largest absolute Gasteiger partial charge is 0.505 e. The third-order valence-corrected chi connectivity index (χ3v) is 11.7. The van der Waals surface area contributed by atoms with Gasteiger partial charge in [0, 0.05) is 12.0 Å². The first kappa shape index (κ1) is 37.0. The molecule has 2 saturated carbocycles. The number of rotatable bonds is 13. The van der Waals surface area contributed by atoms with Gasteiger partial charge in [-0.1, -0.05) is 66.9 Å². The second-order valence-corrected chi connectivity index (χ2v) is 15.7.